The molecule has 21 heavy (non-hydrogen) atoms. The van der Waals surface area contributed by atoms with Crippen LogP contribution in [0, 0.1) is 23.2 Å². The summed E-state index contributed by atoms with van der Waals surface area (Å²) in [5.41, 5.74) is 6.82. The lowest BCUT2D eigenvalue weighted by molar-refractivity contribution is -0.141. The third-order valence-electron chi connectivity index (χ3n) is 6.80. The lowest BCUT2D eigenvalue weighted by Crippen LogP contribution is -2.49. The monoisotopic (exact) mass is 292 g/mol. The number of likely N-dealkylation sites (tertiary alicyclic amines) is 1. The maximum absolute atomic E-state index is 12.9. The summed E-state index contributed by atoms with van der Waals surface area (Å²) in [5.74, 6) is 1.63. The van der Waals surface area contributed by atoms with Crippen molar-refractivity contribution in [2.75, 3.05) is 13.1 Å². The molecule has 2 saturated carbocycles. The molecule has 1 spiro atoms. The zero-order valence-electron chi connectivity index (χ0n) is 13.8. The Balaban J connectivity index is 1.58. The summed E-state index contributed by atoms with van der Waals surface area (Å²) in [7, 11) is 0. The third kappa shape index (κ3) is 2.99. The van der Waals surface area contributed by atoms with E-state index in [-0.39, 0.29) is 12.0 Å². The van der Waals surface area contributed by atoms with Crippen LogP contribution in [0.15, 0.2) is 0 Å². The zero-order valence-corrected chi connectivity index (χ0v) is 13.8. The van der Waals surface area contributed by atoms with Gasteiger partial charge in [-0.15, -0.1) is 0 Å². The van der Waals surface area contributed by atoms with E-state index < -0.39 is 0 Å². The molecule has 0 aromatic carbocycles. The fourth-order valence-corrected chi connectivity index (χ4v) is 5.09. The molecule has 3 rings (SSSR count). The summed E-state index contributed by atoms with van der Waals surface area (Å²) < 4.78 is 0. The van der Waals surface area contributed by atoms with Gasteiger partial charge in [0.25, 0.3) is 0 Å². The van der Waals surface area contributed by atoms with Crippen molar-refractivity contribution in [2.24, 2.45) is 28.9 Å². The van der Waals surface area contributed by atoms with Crippen LogP contribution in [-0.4, -0.2) is 29.9 Å². The van der Waals surface area contributed by atoms with E-state index in [0.29, 0.717) is 23.2 Å². The molecule has 1 aliphatic heterocycles. The fraction of sp³-hybridized carbons (Fsp3) is 0.944. The van der Waals surface area contributed by atoms with Crippen LogP contribution < -0.4 is 5.73 Å². The predicted molar refractivity (Wildman–Crippen MR) is 85.7 cm³/mol. The molecule has 1 heterocycles. The van der Waals surface area contributed by atoms with Crippen molar-refractivity contribution < 1.29 is 4.79 Å². The van der Waals surface area contributed by atoms with Gasteiger partial charge in [0.15, 0.2) is 0 Å². The number of hydrogen-bond donors (Lipinski definition) is 1. The van der Waals surface area contributed by atoms with Gasteiger partial charge in [-0.3, -0.25) is 4.79 Å². The number of carbonyl (C=O) groups excluding carboxylic acids is 1. The first-order valence-electron chi connectivity index (χ1n) is 9.05. The topological polar surface area (TPSA) is 46.3 Å². The molecule has 0 radical (unpaired) electrons. The maximum atomic E-state index is 12.9. The number of carbonyl (C=O) groups is 1. The van der Waals surface area contributed by atoms with E-state index in [2.05, 4.69) is 18.7 Å². The second-order valence-electron chi connectivity index (χ2n) is 8.23. The van der Waals surface area contributed by atoms with Crippen LogP contribution in [0.1, 0.15) is 65.2 Å². The molecule has 2 aliphatic carbocycles. The highest BCUT2D eigenvalue weighted by molar-refractivity contribution is 5.79. The van der Waals surface area contributed by atoms with Gasteiger partial charge in [-0.25, -0.2) is 0 Å². The van der Waals surface area contributed by atoms with Gasteiger partial charge in [-0.2, -0.15) is 0 Å². The number of rotatable bonds is 1. The van der Waals surface area contributed by atoms with Crippen molar-refractivity contribution in [2.45, 2.75) is 71.3 Å². The average molecular weight is 292 g/mol. The van der Waals surface area contributed by atoms with E-state index in [0.717, 1.165) is 25.9 Å². The van der Waals surface area contributed by atoms with Gasteiger partial charge in [0, 0.05) is 25.0 Å². The molecule has 0 bridgehead atoms. The molecular weight excluding hydrogens is 260 g/mol. The van der Waals surface area contributed by atoms with Crippen LogP contribution in [0.4, 0.5) is 0 Å². The fourth-order valence-electron chi connectivity index (χ4n) is 5.09. The Labute approximate surface area is 129 Å². The Morgan fingerprint density at radius 1 is 1.00 bits per heavy atom. The van der Waals surface area contributed by atoms with Crippen molar-refractivity contribution in [1.29, 1.82) is 0 Å². The van der Waals surface area contributed by atoms with E-state index in [9.17, 15) is 4.79 Å². The molecule has 2 N–H and O–H groups in total. The molecule has 4 unspecified atom stereocenters. The third-order valence-corrected chi connectivity index (χ3v) is 6.80. The SMILES string of the molecule is CC1CC(C)C(C(=O)N2CCC3(CCCC3)CC2)CC1N. The Hall–Kier alpha value is -0.570. The van der Waals surface area contributed by atoms with Gasteiger partial charge in [0.2, 0.25) is 5.91 Å². The Bertz CT molecular complexity index is 379. The summed E-state index contributed by atoms with van der Waals surface area (Å²) in [5, 5.41) is 0. The minimum atomic E-state index is 0.175. The predicted octanol–water partition coefficient (Wildman–Crippen LogP) is 3.18. The molecule has 3 aliphatic rings. The number of hydrogen-bond acceptors (Lipinski definition) is 2. The largest absolute Gasteiger partial charge is 0.342 e. The first kappa shape index (κ1) is 15.3. The lowest BCUT2D eigenvalue weighted by atomic mass is 9.71. The molecule has 3 heteroatoms. The molecule has 4 atom stereocenters. The zero-order chi connectivity index (χ0) is 15.0. The van der Waals surface area contributed by atoms with E-state index in [1.807, 2.05) is 0 Å². The normalized spacial score (nSPS) is 39.7. The smallest absolute Gasteiger partial charge is 0.226 e. The minimum absolute atomic E-state index is 0.175. The number of nitrogens with two attached hydrogens (primary N) is 1. The summed E-state index contributed by atoms with van der Waals surface area (Å²) >= 11 is 0. The van der Waals surface area contributed by atoms with E-state index in [1.165, 1.54) is 38.5 Å². The second-order valence-corrected chi connectivity index (χ2v) is 8.23. The molecule has 0 aromatic heterocycles. The molecule has 120 valence electrons. The highest BCUT2D eigenvalue weighted by Gasteiger charge is 2.41. The van der Waals surface area contributed by atoms with Crippen LogP contribution in [-0.2, 0) is 4.79 Å². The molecule has 0 aromatic rings. The van der Waals surface area contributed by atoms with Crippen molar-refractivity contribution >= 4 is 5.91 Å². The Kier molecular flexibility index (Phi) is 4.31. The quantitative estimate of drug-likeness (QED) is 0.807. The first-order chi connectivity index (χ1) is 10.0. The van der Waals surface area contributed by atoms with Crippen molar-refractivity contribution in [3.05, 3.63) is 0 Å². The Morgan fingerprint density at radius 3 is 2.24 bits per heavy atom. The highest BCUT2D eigenvalue weighted by atomic mass is 16.2. The van der Waals surface area contributed by atoms with Crippen LogP contribution in [0.3, 0.4) is 0 Å². The van der Waals surface area contributed by atoms with Crippen molar-refractivity contribution in [1.82, 2.24) is 4.90 Å². The molecule has 1 amide bonds. The van der Waals surface area contributed by atoms with E-state index in [1.54, 1.807) is 0 Å². The van der Waals surface area contributed by atoms with Crippen molar-refractivity contribution in [3.63, 3.8) is 0 Å². The highest BCUT2D eigenvalue weighted by Crippen LogP contribution is 2.46. The summed E-state index contributed by atoms with van der Waals surface area (Å²) in [6, 6.07) is 0.209. The number of amides is 1. The molecular formula is C18H32N2O. The summed E-state index contributed by atoms with van der Waals surface area (Å²) in [6.45, 7) is 6.46. The summed E-state index contributed by atoms with van der Waals surface area (Å²) in [6.07, 6.45) is 10.1. The Morgan fingerprint density at radius 2 is 1.62 bits per heavy atom. The van der Waals surface area contributed by atoms with E-state index in [4.69, 9.17) is 5.73 Å². The van der Waals surface area contributed by atoms with Gasteiger partial charge < -0.3 is 10.6 Å². The van der Waals surface area contributed by atoms with Gasteiger partial charge in [0.1, 0.15) is 0 Å². The van der Waals surface area contributed by atoms with Crippen LogP contribution in [0.5, 0.6) is 0 Å². The standard InChI is InChI=1S/C18H32N2O/c1-13-11-14(2)16(19)12-15(13)17(21)20-9-7-18(8-10-20)5-3-4-6-18/h13-16H,3-12,19H2,1-2H3. The minimum Gasteiger partial charge on any atom is -0.342 e. The van der Waals surface area contributed by atoms with Crippen LogP contribution >= 0.6 is 0 Å². The molecule has 3 nitrogen and oxygen atoms in total. The number of nitrogens with zero attached hydrogens (tertiary/aromatic N) is 1. The van der Waals surface area contributed by atoms with E-state index >= 15 is 0 Å². The summed E-state index contributed by atoms with van der Waals surface area (Å²) in [4.78, 5) is 15.0. The first-order valence-corrected chi connectivity index (χ1v) is 9.05. The second kappa shape index (κ2) is 5.91. The van der Waals surface area contributed by atoms with Crippen LogP contribution in [0.25, 0.3) is 0 Å². The van der Waals surface area contributed by atoms with Gasteiger partial charge >= 0.3 is 0 Å². The molecule has 1 saturated heterocycles. The lowest BCUT2D eigenvalue weighted by Gasteiger charge is -2.43. The van der Waals surface area contributed by atoms with Crippen LogP contribution in [0.2, 0.25) is 0 Å². The number of piperidine rings is 1. The van der Waals surface area contributed by atoms with Gasteiger partial charge in [-0.1, -0.05) is 26.7 Å². The van der Waals surface area contributed by atoms with Gasteiger partial charge in [-0.05, 0) is 55.8 Å². The van der Waals surface area contributed by atoms with Crippen molar-refractivity contribution in [3.8, 4) is 0 Å². The maximum Gasteiger partial charge on any atom is 0.226 e. The average Bonchev–Trinajstić information content (AvgIpc) is 2.91. The molecule has 3 fully saturated rings. The van der Waals surface area contributed by atoms with Gasteiger partial charge in [0.05, 0.1) is 0 Å².